The zero-order valence-electron chi connectivity index (χ0n) is 21.2. The molecule has 1 N–H and O–H groups in total. The molecule has 2 fully saturated rings. The smallest absolute Gasteiger partial charge is 0.234 e. The van der Waals surface area contributed by atoms with Crippen molar-refractivity contribution in [1.82, 2.24) is 25.2 Å². The van der Waals surface area contributed by atoms with Crippen LogP contribution in [0.2, 0.25) is 0 Å². The number of ether oxygens (including phenoxy) is 1. The van der Waals surface area contributed by atoms with Crippen LogP contribution in [-0.4, -0.2) is 78.8 Å². The number of piperazine rings is 1. The first-order valence-electron chi connectivity index (χ1n) is 12.9. The number of nitrogens with one attached hydrogen (secondary N) is 1. The van der Waals surface area contributed by atoms with Crippen LogP contribution in [-0.2, 0) is 13.0 Å². The van der Waals surface area contributed by atoms with E-state index in [4.69, 9.17) is 9.72 Å². The molecule has 2 saturated heterocycles. The van der Waals surface area contributed by atoms with Gasteiger partial charge in [0.05, 0.1) is 5.52 Å². The lowest BCUT2D eigenvalue weighted by atomic mass is 9.95. The Bertz CT molecular complexity index is 1300. The van der Waals surface area contributed by atoms with Crippen LogP contribution in [0.4, 0.5) is 11.6 Å². The van der Waals surface area contributed by atoms with Gasteiger partial charge in [0.1, 0.15) is 36.2 Å². The van der Waals surface area contributed by atoms with Crippen molar-refractivity contribution in [2.24, 2.45) is 0 Å². The molecule has 3 aliphatic rings. The van der Waals surface area contributed by atoms with E-state index < -0.39 is 0 Å². The minimum atomic E-state index is 0. The van der Waals surface area contributed by atoms with Gasteiger partial charge in [0, 0.05) is 61.8 Å². The van der Waals surface area contributed by atoms with E-state index in [0.29, 0.717) is 30.6 Å². The molecule has 2 aromatic heterocycles. The third-order valence-corrected chi connectivity index (χ3v) is 7.77. The minimum Gasteiger partial charge on any atom is -0.475 e. The molecule has 0 amide bonds. The third-order valence-electron chi connectivity index (χ3n) is 7.77. The largest absolute Gasteiger partial charge is 0.475 e. The van der Waals surface area contributed by atoms with Gasteiger partial charge >= 0.3 is 0 Å². The first kappa shape index (κ1) is 25.5. The van der Waals surface area contributed by atoms with Crippen molar-refractivity contribution in [3.05, 3.63) is 47.3 Å². The molecule has 194 valence electrons. The van der Waals surface area contributed by atoms with E-state index in [1.54, 1.807) is 6.33 Å². The van der Waals surface area contributed by atoms with E-state index in [1.807, 2.05) is 18.2 Å². The van der Waals surface area contributed by atoms with E-state index in [-0.39, 0.29) is 12.4 Å². The van der Waals surface area contributed by atoms with Gasteiger partial charge in [-0.2, -0.15) is 10.2 Å². The van der Waals surface area contributed by atoms with E-state index >= 15 is 0 Å². The molecule has 1 unspecified atom stereocenters. The maximum Gasteiger partial charge on any atom is 0.234 e. The summed E-state index contributed by atoms with van der Waals surface area (Å²) in [6.07, 6.45) is 4.73. The maximum absolute atomic E-state index is 10.3. The highest BCUT2D eigenvalue weighted by Crippen LogP contribution is 2.37. The summed E-state index contributed by atoms with van der Waals surface area (Å²) >= 11 is 0. The summed E-state index contributed by atoms with van der Waals surface area (Å²) in [4.78, 5) is 21.0. The van der Waals surface area contributed by atoms with Crippen LogP contribution in [0.15, 0.2) is 30.6 Å². The summed E-state index contributed by atoms with van der Waals surface area (Å²) in [7, 11) is 2.14. The zero-order chi connectivity index (χ0) is 24.5. The molecule has 3 aromatic rings. The van der Waals surface area contributed by atoms with Crippen LogP contribution < -0.4 is 19.9 Å². The van der Waals surface area contributed by atoms with Crippen molar-refractivity contribution in [3.8, 4) is 11.9 Å². The predicted molar refractivity (Wildman–Crippen MR) is 147 cm³/mol. The van der Waals surface area contributed by atoms with E-state index in [1.165, 1.54) is 12.0 Å². The molecule has 37 heavy (non-hydrogen) atoms. The lowest BCUT2D eigenvalue weighted by Crippen LogP contribution is -2.45. The average Bonchev–Trinajstić information content (AvgIpc) is 3.35. The third kappa shape index (κ3) is 4.89. The maximum atomic E-state index is 10.3. The van der Waals surface area contributed by atoms with Crippen molar-refractivity contribution in [2.45, 2.75) is 31.8 Å². The van der Waals surface area contributed by atoms with E-state index in [0.717, 1.165) is 80.2 Å². The number of likely N-dealkylation sites (N-methyl/N-ethyl adjacent to an activating group) is 1. The Morgan fingerprint density at radius 2 is 1.89 bits per heavy atom. The highest BCUT2D eigenvalue weighted by molar-refractivity contribution is 5.89. The topological polar surface area (TPSA) is 93.4 Å². The van der Waals surface area contributed by atoms with Gasteiger partial charge in [-0.1, -0.05) is 12.1 Å². The Morgan fingerprint density at radius 1 is 1.05 bits per heavy atom. The molecule has 6 rings (SSSR count). The average molecular weight is 521 g/mol. The van der Waals surface area contributed by atoms with Crippen LogP contribution in [0.25, 0.3) is 10.9 Å². The Kier molecular flexibility index (Phi) is 7.60. The fraction of sp³-hybridized carbons (Fsp3) is 0.481. The molecule has 9 nitrogen and oxygen atoms in total. The van der Waals surface area contributed by atoms with Gasteiger partial charge < -0.3 is 24.8 Å². The number of nitriles is 1. The van der Waals surface area contributed by atoms with Crippen molar-refractivity contribution >= 4 is 34.9 Å². The number of hydrogen-bond acceptors (Lipinski definition) is 9. The molecular formula is C27H33ClN8O. The van der Waals surface area contributed by atoms with Gasteiger partial charge in [0.25, 0.3) is 0 Å². The number of pyridine rings is 1. The second-order valence-electron chi connectivity index (χ2n) is 9.90. The Labute approximate surface area is 223 Å². The first-order chi connectivity index (χ1) is 17.7. The minimum absolute atomic E-state index is 0. The van der Waals surface area contributed by atoms with Gasteiger partial charge in [0.2, 0.25) is 5.88 Å². The van der Waals surface area contributed by atoms with Crippen molar-refractivity contribution in [2.75, 3.05) is 62.7 Å². The van der Waals surface area contributed by atoms with Crippen LogP contribution in [0, 0.1) is 11.3 Å². The second-order valence-corrected chi connectivity index (χ2v) is 9.90. The number of benzene rings is 1. The number of hydrogen-bond donors (Lipinski definition) is 1. The van der Waals surface area contributed by atoms with Gasteiger partial charge in [-0.15, -0.1) is 12.4 Å². The van der Waals surface area contributed by atoms with Crippen LogP contribution in [0.5, 0.6) is 5.88 Å². The molecule has 5 heterocycles. The highest BCUT2D eigenvalue weighted by atomic mass is 35.5. The molecule has 1 aromatic carbocycles. The highest BCUT2D eigenvalue weighted by Gasteiger charge is 2.31. The van der Waals surface area contributed by atoms with Crippen molar-refractivity contribution < 1.29 is 4.74 Å². The fourth-order valence-corrected chi connectivity index (χ4v) is 5.73. The lowest BCUT2D eigenvalue weighted by molar-refractivity contribution is 0.193. The predicted octanol–water partition coefficient (Wildman–Crippen LogP) is 2.76. The van der Waals surface area contributed by atoms with Crippen LogP contribution in [0.1, 0.15) is 29.5 Å². The summed E-state index contributed by atoms with van der Waals surface area (Å²) in [5, 5.41) is 14.8. The molecule has 0 radical (unpaired) electrons. The summed E-state index contributed by atoms with van der Waals surface area (Å²) < 4.78 is 6.33. The Balaban J connectivity index is 0.00000280. The molecule has 3 aliphatic heterocycles. The van der Waals surface area contributed by atoms with Gasteiger partial charge in [0.15, 0.2) is 0 Å². The Hall–Kier alpha value is -3.19. The summed E-state index contributed by atoms with van der Waals surface area (Å²) in [5.41, 5.74) is 3.68. The number of nitrogens with zero attached hydrogens (tertiary/aromatic N) is 7. The lowest BCUT2D eigenvalue weighted by Gasteiger charge is -2.36. The van der Waals surface area contributed by atoms with Crippen LogP contribution >= 0.6 is 12.4 Å². The van der Waals surface area contributed by atoms with Gasteiger partial charge in [-0.25, -0.2) is 9.97 Å². The number of aromatic nitrogens is 3. The summed E-state index contributed by atoms with van der Waals surface area (Å²) in [6.45, 7) is 6.71. The van der Waals surface area contributed by atoms with E-state index in [2.05, 4.69) is 49.2 Å². The normalized spacial score (nSPS) is 19.8. The molecule has 1 atom stereocenters. The van der Waals surface area contributed by atoms with Crippen LogP contribution in [0.3, 0.4) is 0 Å². The molecule has 0 saturated carbocycles. The molecule has 0 spiro atoms. The molecule has 0 bridgehead atoms. The standard InChI is InChI=1S/C27H32N8O.ClH/c1-33-11-4-5-19(33)17-36-27-22(15-28)23-16-35(25-21-6-2-3-7-24(21)30-18-31-25)12-8-20(23)26(32-27)34-13-9-29-10-14-34;/h2-3,6-7,18-19,29H,4-5,8-14,16-17H2,1H3;1H. The Morgan fingerprint density at radius 3 is 2.68 bits per heavy atom. The summed E-state index contributed by atoms with van der Waals surface area (Å²) in [6, 6.07) is 10.9. The van der Waals surface area contributed by atoms with Crippen molar-refractivity contribution in [1.29, 1.82) is 5.26 Å². The number of anilines is 2. The van der Waals surface area contributed by atoms with Gasteiger partial charge in [-0.3, -0.25) is 0 Å². The number of halogens is 1. The molecule has 0 aliphatic carbocycles. The number of fused-ring (bicyclic) bond motifs is 2. The summed E-state index contributed by atoms with van der Waals surface area (Å²) in [5.74, 6) is 2.36. The number of rotatable bonds is 5. The first-order valence-corrected chi connectivity index (χ1v) is 12.9. The van der Waals surface area contributed by atoms with Gasteiger partial charge in [-0.05, 0) is 45.0 Å². The monoisotopic (exact) mass is 520 g/mol. The fourth-order valence-electron chi connectivity index (χ4n) is 5.73. The second kappa shape index (κ2) is 11.1. The van der Waals surface area contributed by atoms with Crippen molar-refractivity contribution in [3.63, 3.8) is 0 Å². The number of likely N-dealkylation sites (tertiary alicyclic amines) is 1. The SMILES string of the molecule is CN1CCCC1COc1nc(N2CCNCC2)c2c(c1C#N)CN(c1ncnc3ccccc13)CC2.Cl. The number of para-hydroxylation sites is 1. The van der Waals surface area contributed by atoms with E-state index in [9.17, 15) is 5.26 Å². The zero-order valence-corrected chi connectivity index (χ0v) is 22.0. The molecular weight excluding hydrogens is 488 g/mol. The molecule has 10 heteroatoms. The quantitative estimate of drug-likeness (QED) is 0.545.